The van der Waals surface area contributed by atoms with E-state index in [1.54, 1.807) is 0 Å². The normalized spacial score (nSPS) is 21.0. The highest BCUT2D eigenvalue weighted by Crippen LogP contribution is 2.30. The summed E-state index contributed by atoms with van der Waals surface area (Å²) in [5.41, 5.74) is 3.13. The molecule has 2 heterocycles. The van der Waals surface area contributed by atoms with Crippen molar-refractivity contribution >= 4 is 5.91 Å². The smallest absolute Gasteiger partial charge is 0.227 e. The summed E-state index contributed by atoms with van der Waals surface area (Å²) in [6.45, 7) is 7.53. The molecule has 3 rings (SSSR count). The van der Waals surface area contributed by atoms with Gasteiger partial charge in [-0.15, -0.1) is 0 Å². The van der Waals surface area contributed by atoms with Gasteiger partial charge >= 0.3 is 0 Å². The second kappa shape index (κ2) is 7.79. The lowest BCUT2D eigenvalue weighted by atomic mass is 9.81. The zero-order valence-electron chi connectivity index (χ0n) is 15.2. The molecule has 1 aliphatic rings. The number of aromatic nitrogens is 1. The summed E-state index contributed by atoms with van der Waals surface area (Å²) in [4.78, 5) is 19.2. The number of amides is 1. The van der Waals surface area contributed by atoms with Crippen LogP contribution in [0.2, 0.25) is 0 Å². The van der Waals surface area contributed by atoms with Crippen LogP contribution < -0.4 is 5.32 Å². The number of rotatable bonds is 5. The Bertz CT molecular complexity index is 699. The minimum absolute atomic E-state index is 0.185. The Hall–Kier alpha value is -2.20. The van der Waals surface area contributed by atoms with E-state index >= 15 is 0 Å². The molecule has 0 aliphatic carbocycles. The SMILES string of the molecule is CCNC(=O)C1(C)CCCN(Cc2ccc(-c3ccccn3)cc2)C1. The number of piperidine rings is 1. The molecule has 1 N–H and O–H groups in total. The molecule has 0 spiro atoms. The Balaban J connectivity index is 1.65. The van der Waals surface area contributed by atoms with E-state index < -0.39 is 0 Å². The second-order valence-electron chi connectivity index (χ2n) is 7.15. The largest absolute Gasteiger partial charge is 0.356 e. The van der Waals surface area contributed by atoms with Crippen LogP contribution in [0.3, 0.4) is 0 Å². The highest BCUT2D eigenvalue weighted by molar-refractivity contribution is 5.82. The summed E-state index contributed by atoms with van der Waals surface area (Å²) in [7, 11) is 0. The lowest BCUT2D eigenvalue weighted by Gasteiger charge is -2.39. The lowest BCUT2D eigenvalue weighted by molar-refractivity contribution is -0.133. The maximum Gasteiger partial charge on any atom is 0.227 e. The van der Waals surface area contributed by atoms with Crippen molar-refractivity contribution in [2.75, 3.05) is 19.6 Å². The Morgan fingerprint density at radius 2 is 2.04 bits per heavy atom. The van der Waals surface area contributed by atoms with Crippen LogP contribution >= 0.6 is 0 Å². The Kier molecular flexibility index (Phi) is 5.49. The zero-order chi connectivity index (χ0) is 17.7. The molecule has 1 amide bonds. The molecular formula is C21H27N3O. The summed E-state index contributed by atoms with van der Waals surface area (Å²) >= 11 is 0. The molecule has 132 valence electrons. The summed E-state index contributed by atoms with van der Waals surface area (Å²) < 4.78 is 0. The second-order valence-corrected chi connectivity index (χ2v) is 7.15. The molecule has 1 fully saturated rings. The third-order valence-electron chi connectivity index (χ3n) is 4.98. The van der Waals surface area contributed by atoms with Crippen molar-refractivity contribution in [3.05, 3.63) is 54.2 Å². The minimum Gasteiger partial charge on any atom is -0.356 e. The first-order valence-electron chi connectivity index (χ1n) is 9.12. The van der Waals surface area contributed by atoms with Crippen LogP contribution in [0.4, 0.5) is 0 Å². The van der Waals surface area contributed by atoms with E-state index in [2.05, 4.69) is 46.4 Å². The molecule has 2 aromatic rings. The van der Waals surface area contributed by atoms with E-state index in [1.165, 1.54) is 5.56 Å². The van der Waals surface area contributed by atoms with Crippen molar-refractivity contribution in [1.29, 1.82) is 0 Å². The third-order valence-corrected chi connectivity index (χ3v) is 4.98. The van der Waals surface area contributed by atoms with E-state index in [9.17, 15) is 4.79 Å². The number of hydrogen-bond acceptors (Lipinski definition) is 3. The molecule has 1 atom stereocenters. The van der Waals surface area contributed by atoms with Crippen molar-refractivity contribution in [3.63, 3.8) is 0 Å². The van der Waals surface area contributed by atoms with Crippen molar-refractivity contribution in [2.45, 2.75) is 33.2 Å². The average Bonchev–Trinajstić information content (AvgIpc) is 2.63. The van der Waals surface area contributed by atoms with Crippen LogP contribution in [0, 0.1) is 5.41 Å². The van der Waals surface area contributed by atoms with Gasteiger partial charge in [0.05, 0.1) is 11.1 Å². The quantitative estimate of drug-likeness (QED) is 0.908. The highest BCUT2D eigenvalue weighted by Gasteiger charge is 2.37. The van der Waals surface area contributed by atoms with Gasteiger partial charge in [-0.2, -0.15) is 0 Å². The monoisotopic (exact) mass is 337 g/mol. The van der Waals surface area contributed by atoms with E-state index in [0.29, 0.717) is 6.54 Å². The fraction of sp³-hybridized carbons (Fsp3) is 0.429. The van der Waals surface area contributed by atoms with Crippen LogP contribution in [0.1, 0.15) is 32.3 Å². The van der Waals surface area contributed by atoms with Crippen LogP contribution in [-0.4, -0.2) is 35.4 Å². The summed E-state index contributed by atoms with van der Waals surface area (Å²) in [6, 6.07) is 14.6. The summed E-state index contributed by atoms with van der Waals surface area (Å²) in [6.07, 6.45) is 3.85. The zero-order valence-corrected chi connectivity index (χ0v) is 15.2. The number of carbonyl (C=O) groups excluding carboxylic acids is 1. The third kappa shape index (κ3) is 4.26. The van der Waals surface area contributed by atoms with Gasteiger partial charge in [-0.05, 0) is 50.9 Å². The van der Waals surface area contributed by atoms with Crippen molar-refractivity contribution < 1.29 is 4.79 Å². The van der Waals surface area contributed by atoms with E-state index in [-0.39, 0.29) is 11.3 Å². The van der Waals surface area contributed by atoms with Gasteiger partial charge in [-0.1, -0.05) is 30.3 Å². The van der Waals surface area contributed by atoms with Gasteiger partial charge in [0.25, 0.3) is 0 Å². The van der Waals surface area contributed by atoms with E-state index in [1.807, 2.05) is 31.3 Å². The van der Waals surface area contributed by atoms with Gasteiger partial charge in [0, 0.05) is 31.4 Å². The first-order valence-corrected chi connectivity index (χ1v) is 9.12. The molecular weight excluding hydrogens is 310 g/mol. The number of hydrogen-bond donors (Lipinski definition) is 1. The van der Waals surface area contributed by atoms with E-state index in [0.717, 1.165) is 43.7 Å². The van der Waals surface area contributed by atoms with Gasteiger partial charge in [0.2, 0.25) is 5.91 Å². The minimum atomic E-state index is -0.276. The number of nitrogens with zero attached hydrogens (tertiary/aromatic N) is 2. The van der Waals surface area contributed by atoms with Crippen molar-refractivity contribution in [1.82, 2.24) is 15.2 Å². The topological polar surface area (TPSA) is 45.2 Å². The molecule has 4 heteroatoms. The molecule has 1 aromatic heterocycles. The molecule has 1 unspecified atom stereocenters. The Morgan fingerprint density at radius 3 is 2.72 bits per heavy atom. The van der Waals surface area contributed by atoms with E-state index in [4.69, 9.17) is 0 Å². The van der Waals surface area contributed by atoms with Gasteiger partial charge in [0.15, 0.2) is 0 Å². The number of benzene rings is 1. The Labute approximate surface area is 150 Å². The molecule has 1 saturated heterocycles. The summed E-state index contributed by atoms with van der Waals surface area (Å²) in [5, 5.41) is 2.99. The molecule has 0 bridgehead atoms. The predicted octanol–water partition coefficient (Wildman–Crippen LogP) is 3.49. The molecule has 1 aliphatic heterocycles. The molecule has 0 radical (unpaired) electrons. The molecule has 0 saturated carbocycles. The average molecular weight is 337 g/mol. The maximum atomic E-state index is 12.4. The predicted molar refractivity (Wildman–Crippen MR) is 101 cm³/mol. The van der Waals surface area contributed by atoms with Gasteiger partial charge in [-0.25, -0.2) is 0 Å². The summed E-state index contributed by atoms with van der Waals surface area (Å²) in [5.74, 6) is 0.185. The number of nitrogens with one attached hydrogen (secondary N) is 1. The van der Waals surface area contributed by atoms with Gasteiger partial charge in [-0.3, -0.25) is 14.7 Å². The first kappa shape index (κ1) is 17.6. The van der Waals surface area contributed by atoms with Crippen LogP contribution in [-0.2, 0) is 11.3 Å². The van der Waals surface area contributed by atoms with Crippen molar-refractivity contribution in [2.24, 2.45) is 5.41 Å². The van der Waals surface area contributed by atoms with Crippen LogP contribution in [0.15, 0.2) is 48.7 Å². The number of pyridine rings is 1. The molecule has 25 heavy (non-hydrogen) atoms. The highest BCUT2D eigenvalue weighted by atomic mass is 16.2. The molecule has 1 aromatic carbocycles. The van der Waals surface area contributed by atoms with Gasteiger partial charge in [0.1, 0.15) is 0 Å². The fourth-order valence-corrected chi connectivity index (χ4v) is 3.61. The van der Waals surface area contributed by atoms with Gasteiger partial charge < -0.3 is 5.32 Å². The van der Waals surface area contributed by atoms with Crippen molar-refractivity contribution in [3.8, 4) is 11.3 Å². The Morgan fingerprint density at radius 1 is 1.24 bits per heavy atom. The maximum absolute atomic E-state index is 12.4. The molecule has 4 nitrogen and oxygen atoms in total. The van der Waals surface area contributed by atoms with Crippen LogP contribution in [0.5, 0.6) is 0 Å². The lowest BCUT2D eigenvalue weighted by Crippen LogP contribution is -2.50. The number of likely N-dealkylation sites (tertiary alicyclic amines) is 1. The standard InChI is InChI=1S/C21H27N3O/c1-3-22-20(25)21(2)12-6-14-24(16-21)15-17-8-10-18(11-9-17)19-7-4-5-13-23-19/h4-5,7-11,13H,3,6,12,14-16H2,1-2H3,(H,22,25). The fourth-order valence-electron chi connectivity index (χ4n) is 3.61. The first-order chi connectivity index (χ1) is 12.1. The number of carbonyl (C=O) groups is 1. The van der Waals surface area contributed by atoms with Crippen LogP contribution in [0.25, 0.3) is 11.3 Å².